The second-order valence-electron chi connectivity index (χ2n) is 5.90. The molecule has 0 spiro atoms. The smallest absolute Gasteiger partial charge is 0.234 e. The lowest BCUT2D eigenvalue weighted by Gasteiger charge is -2.37. The fourth-order valence-electron chi connectivity index (χ4n) is 2.62. The zero-order chi connectivity index (χ0) is 15.1. The molecular formula is C17H27N3O. The number of hydrogen-bond donors (Lipinski definition) is 2. The van der Waals surface area contributed by atoms with Gasteiger partial charge in [0.2, 0.25) is 5.91 Å². The maximum absolute atomic E-state index is 12.1. The molecule has 1 fully saturated rings. The molecule has 0 saturated carbocycles. The normalized spacial score (nSPS) is 16.5. The van der Waals surface area contributed by atoms with E-state index in [4.69, 9.17) is 0 Å². The van der Waals surface area contributed by atoms with Gasteiger partial charge in [0.15, 0.2) is 0 Å². The Hall–Kier alpha value is -1.39. The second kappa shape index (κ2) is 8.15. The largest absolute Gasteiger partial charge is 0.354 e. The average Bonchev–Trinajstić information content (AvgIpc) is 2.44. The van der Waals surface area contributed by atoms with Crippen molar-refractivity contribution >= 4 is 5.91 Å². The molecule has 0 aromatic heterocycles. The van der Waals surface area contributed by atoms with E-state index in [-0.39, 0.29) is 5.91 Å². The summed E-state index contributed by atoms with van der Waals surface area (Å²) in [6, 6.07) is 10.9. The Bertz CT molecular complexity index is 431. The number of rotatable bonds is 8. The molecule has 2 N–H and O–H groups in total. The van der Waals surface area contributed by atoms with Crippen LogP contribution in [0.1, 0.15) is 31.7 Å². The standard InChI is InChI=1S/C17H27N3O/c1-3-9-20(16-11-18-12-16)13-17(21)19-10-14(2)15-7-5-4-6-8-15/h4-8,14,16,18H,3,9-13H2,1-2H3,(H,19,21). The van der Waals surface area contributed by atoms with E-state index in [1.165, 1.54) is 5.56 Å². The van der Waals surface area contributed by atoms with E-state index in [9.17, 15) is 4.79 Å². The minimum atomic E-state index is 0.137. The number of carbonyl (C=O) groups excluding carboxylic acids is 1. The lowest BCUT2D eigenvalue weighted by molar-refractivity contribution is -0.123. The van der Waals surface area contributed by atoms with Gasteiger partial charge in [0.05, 0.1) is 6.54 Å². The molecule has 0 bridgehead atoms. The van der Waals surface area contributed by atoms with Crippen molar-refractivity contribution in [2.75, 3.05) is 32.7 Å². The summed E-state index contributed by atoms with van der Waals surface area (Å²) in [5.41, 5.74) is 1.27. The molecule has 1 unspecified atom stereocenters. The van der Waals surface area contributed by atoms with Gasteiger partial charge in [-0.3, -0.25) is 9.69 Å². The Balaban J connectivity index is 1.75. The molecular weight excluding hydrogens is 262 g/mol. The molecule has 1 aliphatic heterocycles. The van der Waals surface area contributed by atoms with Crippen molar-refractivity contribution in [2.24, 2.45) is 0 Å². The van der Waals surface area contributed by atoms with Crippen LogP contribution in [0, 0.1) is 0 Å². The molecule has 4 heteroatoms. The molecule has 1 saturated heterocycles. The highest BCUT2D eigenvalue weighted by Gasteiger charge is 2.25. The first-order chi connectivity index (χ1) is 10.2. The summed E-state index contributed by atoms with van der Waals surface area (Å²) in [6.45, 7) is 8.53. The third kappa shape index (κ3) is 4.83. The fourth-order valence-corrected chi connectivity index (χ4v) is 2.62. The van der Waals surface area contributed by atoms with Crippen LogP contribution in [0.4, 0.5) is 0 Å². The molecule has 21 heavy (non-hydrogen) atoms. The van der Waals surface area contributed by atoms with Crippen molar-refractivity contribution in [1.29, 1.82) is 0 Å². The second-order valence-corrected chi connectivity index (χ2v) is 5.90. The number of amides is 1. The van der Waals surface area contributed by atoms with Crippen molar-refractivity contribution in [3.63, 3.8) is 0 Å². The Morgan fingerprint density at radius 2 is 2.10 bits per heavy atom. The molecule has 1 aliphatic rings. The van der Waals surface area contributed by atoms with Crippen LogP contribution in [-0.4, -0.2) is 49.6 Å². The first kappa shape index (κ1) is 16.0. The zero-order valence-corrected chi connectivity index (χ0v) is 13.1. The number of nitrogens with zero attached hydrogens (tertiary/aromatic N) is 1. The van der Waals surface area contributed by atoms with Gasteiger partial charge in [0.1, 0.15) is 0 Å². The van der Waals surface area contributed by atoms with Gasteiger partial charge in [-0.2, -0.15) is 0 Å². The van der Waals surface area contributed by atoms with Gasteiger partial charge in [-0.1, -0.05) is 44.2 Å². The maximum atomic E-state index is 12.1. The summed E-state index contributed by atoms with van der Waals surface area (Å²) >= 11 is 0. The van der Waals surface area contributed by atoms with Gasteiger partial charge < -0.3 is 10.6 Å². The van der Waals surface area contributed by atoms with Crippen molar-refractivity contribution in [2.45, 2.75) is 32.2 Å². The summed E-state index contributed by atoms with van der Waals surface area (Å²) in [5.74, 6) is 0.485. The van der Waals surface area contributed by atoms with Crippen LogP contribution < -0.4 is 10.6 Å². The van der Waals surface area contributed by atoms with E-state index in [1.54, 1.807) is 0 Å². The zero-order valence-electron chi connectivity index (χ0n) is 13.1. The van der Waals surface area contributed by atoms with Crippen molar-refractivity contribution in [3.8, 4) is 0 Å². The van der Waals surface area contributed by atoms with E-state index in [0.717, 1.165) is 26.1 Å². The van der Waals surface area contributed by atoms with E-state index >= 15 is 0 Å². The topological polar surface area (TPSA) is 44.4 Å². The van der Waals surface area contributed by atoms with Crippen LogP contribution >= 0.6 is 0 Å². The summed E-state index contributed by atoms with van der Waals surface area (Å²) in [4.78, 5) is 14.4. The van der Waals surface area contributed by atoms with Crippen LogP contribution in [0.15, 0.2) is 30.3 Å². The highest BCUT2D eigenvalue weighted by molar-refractivity contribution is 5.78. The molecule has 116 valence electrons. The molecule has 1 aromatic carbocycles. The average molecular weight is 289 g/mol. The van der Waals surface area contributed by atoms with E-state index in [1.807, 2.05) is 18.2 Å². The number of benzene rings is 1. The third-order valence-electron chi connectivity index (χ3n) is 4.11. The number of carbonyl (C=O) groups is 1. The summed E-state index contributed by atoms with van der Waals surface area (Å²) in [5, 5.41) is 6.34. The van der Waals surface area contributed by atoms with Crippen LogP contribution in [0.5, 0.6) is 0 Å². The quantitative estimate of drug-likeness (QED) is 0.764. The molecule has 0 radical (unpaired) electrons. The monoisotopic (exact) mass is 289 g/mol. The van der Waals surface area contributed by atoms with Crippen molar-refractivity contribution in [1.82, 2.24) is 15.5 Å². The Morgan fingerprint density at radius 1 is 1.38 bits per heavy atom. The van der Waals surface area contributed by atoms with Crippen LogP contribution in [0.25, 0.3) is 0 Å². The minimum absolute atomic E-state index is 0.137. The molecule has 1 heterocycles. The van der Waals surface area contributed by atoms with Gasteiger partial charge >= 0.3 is 0 Å². The van der Waals surface area contributed by atoms with Gasteiger partial charge in [-0.15, -0.1) is 0 Å². The molecule has 2 rings (SSSR count). The first-order valence-corrected chi connectivity index (χ1v) is 7.97. The highest BCUT2D eigenvalue weighted by Crippen LogP contribution is 2.13. The van der Waals surface area contributed by atoms with E-state index < -0.39 is 0 Å². The third-order valence-corrected chi connectivity index (χ3v) is 4.11. The lowest BCUT2D eigenvalue weighted by atomic mass is 10.0. The van der Waals surface area contributed by atoms with Gasteiger partial charge in [0, 0.05) is 25.7 Å². The summed E-state index contributed by atoms with van der Waals surface area (Å²) < 4.78 is 0. The molecule has 4 nitrogen and oxygen atoms in total. The maximum Gasteiger partial charge on any atom is 0.234 e. The first-order valence-electron chi connectivity index (χ1n) is 7.97. The Labute approximate surface area is 127 Å². The molecule has 0 aliphatic carbocycles. The van der Waals surface area contributed by atoms with E-state index in [2.05, 4.69) is 41.5 Å². The van der Waals surface area contributed by atoms with Gasteiger partial charge in [0.25, 0.3) is 0 Å². The van der Waals surface area contributed by atoms with Crippen LogP contribution in [0.3, 0.4) is 0 Å². The highest BCUT2D eigenvalue weighted by atomic mass is 16.2. The Morgan fingerprint density at radius 3 is 2.67 bits per heavy atom. The fraction of sp³-hybridized carbons (Fsp3) is 0.588. The summed E-state index contributed by atoms with van der Waals surface area (Å²) in [6.07, 6.45) is 1.09. The van der Waals surface area contributed by atoms with Crippen LogP contribution in [0.2, 0.25) is 0 Å². The van der Waals surface area contributed by atoms with E-state index in [0.29, 0.717) is 25.0 Å². The number of hydrogen-bond acceptors (Lipinski definition) is 3. The van der Waals surface area contributed by atoms with Gasteiger partial charge in [-0.05, 0) is 24.4 Å². The van der Waals surface area contributed by atoms with Crippen molar-refractivity contribution in [3.05, 3.63) is 35.9 Å². The SMILES string of the molecule is CCCN(CC(=O)NCC(C)c1ccccc1)C1CNC1. The molecule has 1 atom stereocenters. The predicted octanol–water partition coefficient (Wildman–Crippen LogP) is 1.59. The predicted molar refractivity (Wildman–Crippen MR) is 86.4 cm³/mol. The van der Waals surface area contributed by atoms with Gasteiger partial charge in [-0.25, -0.2) is 0 Å². The number of nitrogens with one attached hydrogen (secondary N) is 2. The molecule has 1 amide bonds. The Kier molecular flexibility index (Phi) is 6.21. The minimum Gasteiger partial charge on any atom is -0.354 e. The van der Waals surface area contributed by atoms with Crippen LogP contribution in [-0.2, 0) is 4.79 Å². The van der Waals surface area contributed by atoms with Crippen molar-refractivity contribution < 1.29 is 4.79 Å². The summed E-state index contributed by atoms with van der Waals surface area (Å²) in [7, 11) is 0. The molecule has 1 aromatic rings. The lowest BCUT2D eigenvalue weighted by Crippen LogP contribution is -2.59.